The molecule has 0 aliphatic heterocycles. The standard InChI is InChI=1S/C19H19F3N2O3/c1-3-27-18(25)12-6-4-11(5-7-12)16-17(19(20,21)22)24-15-10-13(26-2)8-9-14(15)23-16/h4,8-10,12H,3,5-7H2,1-2H3. The number of alkyl halides is 3. The van der Waals surface area contributed by atoms with Crippen molar-refractivity contribution < 1.29 is 27.4 Å². The van der Waals surface area contributed by atoms with Crippen molar-refractivity contribution in [2.24, 2.45) is 5.92 Å². The van der Waals surface area contributed by atoms with Gasteiger partial charge in [0, 0.05) is 6.07 Å². The van der Waals surface area contributed by atoms with E-state index in [4.69, 9.17) is 9.47 Å². The van der Waals surface area contributed by atoms with E-state index in [1.807, 2.05) is 0 Å². The number of benzene rings is 1. The molecule has 2 aromatic rings. The van der Waals surface area contributed by atoms with Gasteiger partial charge in [-0.25, -0.2) is 9.97 Å². The second kappa shape index (κ2) is 7.54. The molecule has 144 valence electrons. The lowest BCUT2D eigenvalue weighted by Gasteiger charge is -2.22. The summed E-state index contributed by atoms with van der Waals surface area (Å²) in [6.45, 7) is 2.00. The molecule has 5 nitrogen and oxygen atoms in total. The highest BCUT2D eigenvalue weighted by atomic mass is 19.4. The monoisotopic (exact) mass is 380 g/mol. The van der Waals surface area contributed by atoms with Crippen molar-refractivity contribution in [1.29, 1.82) is 0 Å². The molecular formula is C19H19F3N2O3. The lowest BCUT2D eigenvalue weighted by Crippen LogP contribution is -2.21. The van der Waals surface area contributed by atoms with Crippen molar-refractivity contribution in [3.8, 4) is 5.75 Å². The molecule has 0 radical (unpaired) electrons. The number of hydrogen-bond acceptors (Lipinski definition) is 5. The molecule has 0 fully saturated rings. The van der Waals surface area contributed by atoms with E-state index in [2.05, 4.69) is 9.97 Å². The van der Waals surface area contributed by atoms with Crippen LogP contribution >= 0.6 is 0 Å². The number of rotatable bonds is 4. The first-order chi connectivity index (χ1) is 12.8. The average Bonchev–Trinajstić information content (AvgIpc) is 2.66. The molecule has 1 atom stereocenters. The Kier molecular flexibility index (Phi) is 5.34. The summed E-state index contributed by atoms with van der Waals surface area (Å²) in [5.74, 6) is -0.243. The van der Waals surface area contributed by atoms with Crippen LogP contribution in [0.5, 0.6) is 5.75 Å². The summed E-state index contributed by atoms with van der Waals surface area (Å²) < 4.78 is 50.8. The van der Waals surface area contributed by atoms with Crippen molar-refractivity contribution in [1.82, 2.24) is 9.97 Å². The van der Waals surface area contributed by atoms with Crippen molar-refractivity contribution in [3.63, 3.8) is 0 Å². The fraction of sp³-hybridized carbons (Fsp3) is 0.421. The summed E-state index contributed by atoms with van der Waals surface area (Å²) in [6, 6.07) is 4.63. The highest BCUT2D eigenvalue weighted by Gasteiger charge is 2.38. The van der Waals surface area contributed by atoms with E-state index >= 15 is 0 Å². The first kappa shape index (κ1) is 19.1. The summed E-state index contributed by atoms with van der Waals surface area (Å²) in [5, 5.41) is 0. The molecule has 1 aliphatic rings. The molecule has 0 spiro atoms. The molecule has 0 bridgehead atoms. The van der Waals surface area contributed by atoms with Crippen LogP contribution in [0.1, 0.15) is 37.6 Å². The summed E-state index contributed by atoms with van der Waals surface area (Å²) >= 11 is 0. The third kappa shape index (κ3) is 4.04. The van der Waals surface area contributed by atoms with E-state index in [-0.39, 0.29) is 29.7 Å². The molecule has 0 N–H and O–H groups in total. The molecule has 8 heteroatoms. The van der Waals surface area contributed by atoms with Crippen LogP contribution in [0.4, 0.5) is 13.2 Å². The third-order valence-electron chi connectivity index (χ3n) is 4.47. The second-order valence-corrected chi connectivity index (χ2v) is 6.23. The van der Waals surface area contributed by atoms with Crippen LogP contribution in [0.15, 0.2) is 24.3 Å². The number of esters is 1. The van der Waals surface area contributed by atoms with Gasteiger partial charge in [-0.3, -0.25) is 4.79 Å². The summed E-state index contributed by atoms with van der Waals surface area (Å²) in [6.07, 6.45) is -1.95. The van der Waals surface area contributed by atoms with Crippen LogP contribution in [0.3, 0.4) is 0 Å². The number of aromatic nitrogens is 2. The van der Waals surface area contributed by atoms with E-state index in [9.17, 15) is 18.0 Å². The van der Waals surface area contributed by atoms with Crippen LogP contribution in [0, 0.1) is 5.92 Å². The zero-order valence-corrected chi connectivity index (χ0v) is 15.0. The van der Waals surface area contributed by atoms with E-state index in [0.717, 1.165) is 0 Å². The highest BCUT2D eigenvalue weighted by molar-refractivity contribution is 5.80. The van der Waals surface area contributed by atoms with E-state index in [1.165, 1.54) is 13.2 Å². The Morgan fingerprint density at radius 2 is 2.04 bits per heavy atom. The summed E-state index contributed by atoms with van der Waals surface area (Å²) in [4.78, 5) is 19.9. The topological polar surface area (TPSA) is 61.3 Å². The molecule has 1 aliphatic carbocycles. The molecule has 3 rings (SSSR count). The molecule has 1 unspecified atom stereocenters. The Bertz CT molecular complexity index is 894. The fourth-order valence-corrected chi connectivity index (χ4v) is 3.11. The Labute approximate surface area is 154 Å². The van der Waals surface area contributed by atoms with Gasteiger partial charge >= 0.3 is 12.1 Å². The molecular weight excluding hydrogens is 361 g/mol. The van der Waals surface area contributed by atoms with Gasteiger partial charge in [-0.15, -0.1) is 0 Å². The number of halogens is 3. The number of carbonyl (C=O) groups excluding carboxylic acids is 1. The van der Waals surface area contributed by atoms with Crippen molar-refractivity contribution >= 4 is 22.6 Å². The molecule has 0 saturated heterocycles. The molecule has 27 heavy (non-hydrogen) atoms. The maximum absolute atomic E-state index is 13.6. The lowest BCUT2D eigenvalue weighted by molar-refractivity contribution is -0.148. The molecule has 1 heterocycles. The quantitative estimate of drug-likeness (QED) is 0.736. The van der Waals surface area contributed by atoms with Gasteiger partial charge in [0.05, 0.1) is 36.4 Å². The van der Waals surface area contributed by atoms with Crippen LogP contribution in [-0.4, -0.2) is 29.7 Å². The minimum atomic E-state index is -4.64. The van der Waals surface area contributed by atoms with Crippen molar-refractivity contribution in [2.45, 2.75) is 32.4 Å². The number of hydrogen-bond donors (Lipinski definition) is 0. The zero-order chi connectivity index (χ0) is 19.6. The van der Waals surface area contributed by atoms with Crippen LogP contribution in [0.25, 0.3) is 16.6 Å². The van der Waals surface area contributed by atoms with Gasteiger partial charge in [-0.05, 0) is 43.9 Å². The first-order valence-electron chi connectivity index (χ1n) is 8.62. The van der Waals surface area contributed by atoms with Crippen LogP contribution in [0.2, 0.25) is 0 Å². The maximum Gasteiger partial charge on any atom is 0.435 e. The second-order valence-electron chi connectivity index (χ2n) is 6.23. The van der Waals surface area contributed by atoms with Gasteiger partial charge in [0.1, 0.15) is 5.75 Å². The first-order valence-corrected chi connectivity index (χ1v) is 8.62. The van der Waals surface area contributed by atoms with Gasteiger partial charge in [-0.2, -0.15) is 13.2 Å². The Balaban J connectivity index is 2.01. The van der Waals surface area contributed by atoms with Gasteiger partial charge in [0.15, 0.2) is 5.69 Å². The predicted molar refractivity (Wildman–Crippen MR) is 93.0 cm³/mol. The lowest BCUT2D eigenvalue weighted by atomic mass is 9.87. The molecule has 1 aromatic heterocycles. The normalized spacial score (nSPS) is 17.5. The fourth-order valence-electron chi connectivity index (χ4n) is 3.11. The number of allylic oxidation sites excluding steroid dienone is 2. The Hall–Kier alpha value is -2.64. The minimum absolute atomic E-state index is 0.117. The SMILES string of the molecule is CCOC(=O)C1CC=C(c2nc3ccc(OC)cc3nc2C(F)(F)F)CC1. The average molecular weight is 380 g/mol. The third-order valence-corrected chi connectivity index (χ3v) is 4.47. The number of fused-ring (bicyclic) bond motifs is 1. The largest absolute Gasteiger partial charge is 0.497 e. The molecule has 0 amide bonds. The molecule has 0 saturated carbocycles. The number of methoxy groups -OCH3 is 1. The van der Waals surface area contributed by atoms with E-state index < -0.39 is 11.9 Å². The van der Waals surface area contributed by atoms with Gasteiger partial charge in [0.25, 0.3) is 0 Å². The Morgan fingerprint density at radius 3 is 2.63 bits per heavy atom. The van der Waals surface area contributed by atoms with Crippen LogP contribution < -0.4 is 4.74 Å². The minimum Gasteiger partial charge on any atom is -0.497 e. The number of carbonyl (C=O) groups is 1. The van der Waals surface area contributed by atoms with Crippen LogP contribution in [-0.2, 0) is 15.7 Å². The highest BCUT2D eigenvalue weighted by Crippen LogP contribution is 2.38. The number of ether oxygens (including phenoxy) is 2. The Morgan fingerprint density at radius 1 is 1.26 bits per heavy atom. The van der Waals surface area contributed by atoms with E-state index in [1.54, 1.807) is 25.1 Å². The molecule has 1 aromatic carbocycles. The maximum atomic E-state index is 13.6. The summed E-state index contributed by atoms with van der Waals surface area (Å²) in [7, 11) is 1.43. The van der Waals surface area contributed by atoms with Gasteiger partial charge in [-0.1, -0.05) is 6.08 Å². The number of nitrogens with zero attached hydrogens (tertiary/aromatic N) is 2. The smallest absolute Gasteiger partial charge is 0.435 e. The van der Waals surface area contributed by atoms with Crippen molar-refractivity contribution in [3.05, 3.63) is 35.7 Å². The predicted octanol–water partition coefficient (Wildman–Crippen LogP) is 4.40. The zero-order valence-electron chi connectivity index (χ0n) is 15.0. The van der Waals surface area contributed by atoms with Crippen molar-refractivity contribution in [2.75, 3.05) is 13.7 Å². The van der Waals surface area contributed by atoms with Gasteiger partial charge in [0.2, 0.25) is 0 Å². The van der Waals surface area contributed by atoms with E-state index in [0.29, 0.717) is 36.1 Å². The van der Waals surface area contributed by atoms with Gasteiger partial charge < -0.3 is 9.47 Å². The summed E-state index contributed by atoms with van der Waals surface area (Å²) in [5.41, 5.74) is -0.280.